The monoisotopic (exact) mass is 286 g/mol. The molecule has 19 heavy (non-hydrogen) atoms. The molecule has 1 rings (SSSR count). The van der Waals surface area contributed by atoms with Crippen molar-refractivity contribution >= 4 is 23.5 Å². The number of unbranched alkanes of at least 4 members (excludes halogenated alkanes) is 2. The largest absolute Gasteiger partial charge is 0.478 e. The third kappa shape index (κ3) is 7.47. The summed E-state index contributed by atoms with van der Waals surface area (Å²) in [5.74, 6) is -0.665. The zero-order valence-corrected chi connectivity index (χ0v) is 11.9. The van der Waals surface area contributed by atoms with Gasteiger partial charge in [-0.3, -0.25) is 0 Å². The molecule has 0 fully saturated rings. The molecule has 0 amide bonds. The van der Waals surface area contributed by atoms with Gasteiger partial charge in [-0.05, 0) is 30.7 Å². The smallest absolute Gasteiger partial charge is 0.337 e. The second-order valence-corrected chi connectivity index (χ2v) is 4.15. The number of carboxylic acids is 1. The number of esters is 1. The number of alkyl halides is 1. The fourth-order valence-corrected chi connectivity index (χ4v) is 1.40. The molecule has 1 N–H and O–H groups in total. The average Bonchev–Trinajstić information content (AvgIpc) is 2.45. The van der Waals surface area contributed by atoms with Crippen molar-refractivity contribution < 1.29 is 19.4 Å². The molecule has 0 unspecified atom stereocenters. The first kappa shape index (κ1) is 17.4. The molecule has 0 aliphatic heterocycles. The number of benzene rings is 1. The van der Waals surface area contributed by atoms with Crippen molar-refractivity contribution in [3.05, 3.63) is 35.4 Å². The standard InChI is InChI=1S/C9H8O4.C5H11Cl/c1-13-9(12)7-4-2-6(3-5-7)8(10)11;1-2-3-4-5-6/h2-5H,1H3,(H,10,11);2-5H2,1H3. The first-order valence-electron chi connectivity index (χ1n) is 6.04. The van der Waals surface area contributed by atoms with Gasteiger partial charge < -0.3 is 9.84 Å². The van der Waals surface area contributed by atoms with E-state index in [2.05, 4.69) is 11.7 Å². The normalized spacial score (nSPS) is 9.21. The minimum Gasteiger partial charge on any atom is -0.478 e. The van der Waals surface area contributed by atoms with Gasteiger partial charge in [0, 0.05) is 5.88 Å². The molecule has 0 saturated carbocycles. The SMILES string of the molecule is CCCCCCl.COC(=O)c1ccc(C(=O)O)cc1. The van der Waals surface area contributed by atoms with Gasteiger partial charge in [0.15, 0.2) is 0 Å². The number of hydrogen-bond acceptors (Lipinski definition) is 3. The van der Waals surface area contributed by atoms with Crippen LogP contribution in [0.1, 0.15) is 46.9 Å². The van der Waals surface area contributed by atoms with Crippen molar-refractivity contribution in [2.45, 2.75) is 26.2 Å². The Kier molecular flexibility index (Phi) is 9.53. The van der Waals surface area contributed by atoms with Crippen LogP contribution in [0.25, 0.3) is 0 Å². The lowest BCUT2D eigenvalue weighted by Gasteiger charge is -1.98. The zero-order chi connectivity index (χ0) is 14.7. The number of ether oxygens (including phenoxy) is 1. The molecule has 0 bridgehead atoms. The van der Waals surface area contributed by atoms with E-state index in [0.29, 0.717) is 5.56 Å². The maximum atomic E-state index is 10.9. The summed E-state index contributed by atoms with van der Waals surface area (Å²) in [7, 11) is 1.27. The van der Waals surface area contributed by atoms with Gasteiger partial charge in [0.2, 0.25) is 0 Å². The molecule has 0 radical (unpaired) electrons. The van der Waals surface area contributed by atoms with E-state index < -0.39 is 11.9 Å². The van der Waals surface area contributed by atoms with E-state index >= 15 is 0 Å². The van der Waals surface area contributed by atoms with E-state index in [0.717, 1.165) is 5.88 Å². The zero-order valence-electron chi connectivity index (χ0n) is 11.2. The quantitative estimate of drug-likeness (QED) is 0.510. The van der Waals surface area contributed by atoms with Crippen LogP contribution in [0.4, 0.5) is 0 Å². The Bertz CT molecular complexity index is 383. The lowest BCUT2D eigenvalue weighted by atomic mass is 10.1. The van der Waals surface area contributed by atoms with Crippen molar-refractivity contribution in [3.8, 4) is 0 Å². The minimum absolute atomic E-state index is 0.146. The van der Waals surface area contributed by atoms with Gasteiger partial charge in [-0.25, -0.2) is 9.59 Å². The minimum atomic E-state index is -1.02. The highest BCUT2D eigenvalue weighted by Crippen LogP contribution is 2.05. The first-order valence-corrected chi connectivity index (χ1v) is 6.57. The van der Waals surface area contributed by atoms with Crippen LogP contribution in [0.3, 0.4) is 0 Å². The molecular formula is C14H19ClO4. The number of carbonyl (C=O) groups is 2. The molecule has 0 aliphatic carbocycles. The summed E-state index contributed by atoms with van der Waals surface area (Å²) in [6.45, 7) is 2.17. The van der Waals surface area contributed by atoms with E-state index in [9.17, 15) is 9.59 Å². The predicted molar refractivity (Wildman–Crippen MR) is 75.0 cm³/mol. The lowest BCUT2D eigenvalue weighted by molar-refractivity contribution is 0.0598. The summed E-state index contributed by atoms with van der Waals surface area (Å²) in [4.78, 5) is 21.4. The Balaban J connectivity index is 0.000000459. The topological polar surface area (TPSA) is 63.6 Å². The highest BCUT2D eigenvalue weighted by molar-refractivity contribution is 6.17. The van der Waals surface area contributed by atoms with Crippen LogP contribution in [0.15, 0.2) is 24.3 Å². The molecular weight excluding hydrogens is 268 g/mol. The van der Waals surface area contributed by atoms with Crippen LogP contribution in [0.5, 0.6) is 0 Å². The highest BCUT2D eigenvalue weighted by atomic mass is 35.5. The Morgan fingerprint density at radius 2 is 1.68 bits per heavy atom. The van der Waals surface area contributed by atoms with Crippen molar-refractivity contribution in [2.24, 2.45) is 0 Å². The van der Waals surface area contributed by atoms with Crippen LogP contribution in [0, 0.1) is 0 Å². The van der Waals surface area contributed by atoms with Crippen molar-refractivity contribution in [1.82, 2.24) is 0 Å². The Morgan fingerprint density at radius 3 is 2.00 bits per heavy atom. The van der Waals surface area contributed by atoms with E-state index in [1.165, 1.54) is 50.6 Å². The molecule has 1 aromatic rings. The fraction of sp³-hybridized carbons (Fsp3) is 0.429. The summed E-state index contributed by atoms with van der Waals surface area (Å²) in [5.41, 5.74) is 0.486. The van der Waals surface area contributed by atoms with E-state index in [1.54, 1.807) is 0 Å². The molecule has 1 aromatic carbocycles. The number of halogens is 1. The summed E-state index contributed by atoms with van der Waals surface area (Å²) >= 11 is 5.38. The van der Waals surface area contributed by atoms with Crippen molar-refractivity contribution in [1.29, 1.82) is 0 Å². The number of aromatic carboxylic acids is 1. The molecule has 0 aromatic heterocycles. The third-order valence-electron chi connectivity index (χ3n) is 2.29. The predicted octanol–water partition coefficient (Wildman–Crippen LogP) is 3.59. The fourth-order valence-electron chi connectivity index (χ4n) is 1.21. The number of methoxy groups -OCH3 is 1. The van der Waals surface area contributed by atoms with Gasteiger partial charge in [-0.15, -0.1) is 11.6 Å². The first-order chi connectivity index (χ1) is 9.06. The maximum absolute atomic E-state index is 10.9. The molecule has 0 heterocycles. The molecule has 0 spiro atoms. The van der Waals surface area contributed by atoms with Gasteiger partial charge in [-0.2, -0.15) is 0 Å². The van der Waals surface area contributed by atoms with E-state index in [1.807, 2.05) is 0 Å². The lowest BCUT2D eigenvalue weighted by Crippen LogP contribution is -2.02. The third-order valence-corrected chi connectivity index (χ3v) is 2.56. The summed E-state index contributed by atoms with van der Waals surface area (Å²) < 4.78 is 4.45. The van der Waals surface area contributed by atoms with Gasteiger partial charge in [-0.1, -0.05) is 19.8 Å². The van der Waals surface area contributed by atoms with Gasteiger partial charge in [0.1, 0.15) is 0 Å². The van der Waals surface area contributed by atoms with Gasteiger partial charge >= 0.3 is 11.9 Å². The summed E-state index contributed by atoms with van der Waals surface area (Å²) in [6, 6.07) is 5.54. The summed E-state index contributed by atoms with van der Waals surface area (Å²) in [5, 5.41) is 8.56. The Labute approximate surface area is 118 Å². The second kappa shape index (κ2) is 10.4. The van der Waals surface area contributed by atoms with E-state index in [4.69, 9.17) is 16.7 Å². The van der Waals surface area contributed by atoms with Gasteiger partial charge in [0.25, 0.3) is 0 Å². The molecule has 0 atom stereocenters. The molecule has 5 heteroatoms. The maximum Gasteiger partial charge on any atom is 0.337 e. The Morgan fingerprint density at radius 1 is 1.16 bits per heavy atom. The van der Waals surface area contributed by atoms with Crippen LogP contribution < -0.4 is 0 Å². The Hall–Kier alpha value is -1.55. The van der Waals surface area contributed by atoms with Crippen LogP contribution in [-0.2, 0) is 4.74 Å². The van der Waals surface area contributed by atoms with Crippen molar-refractivity contribution in [3.63, 3.8) is 0 Å². The number of hydrogen-bond donors (Lipinski definition) is 1. The van der Waals surface area contributed by atoms with Crippen LogP contribution in [-0.4, -0.2) is 30.0 Å². The summed E-state index contributed by atoms with van der Waals surface area (Å²) in [6.07, 6.45) is 3.73. The average molecular weight is 287 g/mol. The highest BCUT2D eigenvalue weighted by Gasteiger charge is 2.06. The van der Waals surface area contributed by atoms with Crippen molar-refractivity contribution in [2.75, 3.05) is 13.0 Å². The molecule has 4 nitrogen and oxygen atoms in total. The number of carbonyl (C=O) groups excluding carboxylic acids is 1. The molecule has 0 saturated heterocycles. The second-order valence-electron chi connectivity index (χ2n) is 3.77. The van der Waals surface area contributed by atoms with Gasteiger partial charge in [0.05, 0.1) is 18.2 Å². The number of rotatable bonds is 5. The van der Waals surface area contributed by atoms with Crippen LogP contribution in [0.2, 0.25) is 0 Å². The molecule has 106 valence electrons. The molecule has 0 aliphatic rings. The van der Waals surface area contributed by atoms with Crippen LogP contribution >= 0.6 is 11.6 Å². The van der Waals surface area contributed by atoms with E-state index in [-0.39, 0.29) is 5.56 Å². The number of carboxylic acid groups (broad SMARTS) is 1.